The molecule has 6 nitrogen and oxygen atoms in total. The molecule has 0 spiro atoms. The Kier molecular flexibility index (Phi) is 3.81. The molecule has 6 heteroatoms. The van der Waals surface area contributed by atoms with Crippen molar-refractivity contribution in [2.45, 2.75) is 31.3 Å². The van der Waals surface area contributed by atoms with Crippen molar-refractivity contribution in [2.24, 2.45) is 0 Å². The number of hydrogen-bond donors (Lipinski definition) is 1. The van der Waals surface area contributed by atoms with Crippen LogP contribution in [0.2, 0.25) is 0 Å². The molecule has 2 fully saturated rings. The highest BCUT2D eigenvalue weighted by Gasteiger charge is 2.28. The second-order valence-corrected chi connectivity index (χ2v) is 5.80. The highest BCUT2D eigenvalue weighted by Crippen LogP contribution is 2.21. The molecule has 1 aromatic rings. The van der Waals surface area contributed by atoms with E-state index in [4.69, 9.17) is 4.52 Å². The summed E-state index contributed by atoms with van der Waals surface area (Å²) < 4.78 is 5.42. The van der Waals surface area contributed by atoms with Crippen LogP contribution in [-0.4, -0.2) is 66.3 Å². The summed E-state index contributed by atoms with van der Waals surface area (Å²) >= 11 is 0. The third-order valence-corrected chi connectivity index (χ3v) is 4.22. The predicted octanol–water partition coefficient (Wildman–Crippen LogP) is 0.282. The van der Waals surface area contributed by atoms with Crippen LogP contribution in [-0.2, 0) is 6.42 Å². The summed E-state index contributed by atoms with van der Waals surface area (Å²) in [6, 6.07) is 0.771. The summed E-state index contributed by atoms with van der Waals surface area (Å²) in [6.07, 6.45) is 3.32. The highest BCUT2D eigenvalue weighted by atomic mass is 16.5. The lowest BCUT2D eigenvalue weighted by molar-refractivity contribution is 0.108. The molecule has 0 aromatic carbocycles. The number of piperazine rings is 1. The van der Waals surface area contributed by atoms with Gasteiger partial charge in [0.25, 0.3) is 0 Å². The van der Waals surface area contributed by atoms with Gasteiger partial charge in [0.05, 0.1) is 6.04 Å². The van der Waals surface area contributed by atoms with Gasteiger partial charge in [0.2, 0.25) is 5.89 Å². The van der Waals surface area contributed by atoms with Crippen molar-refractivity contribution in [1.82, 2.24) is 25.3 Å². The molecule has 0 bridgehead atoms. The molecule has 0 saturated carbocycles. The molecule has 3 heterocycles. The molecule has 0 radical (unpaired) electrons. The summed E-state index contributed by atoms with van der Waals surface area (Å²) in [6.45, 7) is 4.23. The lowest BCUT2D eigenvalue weighted by Crippen LogP contribution is -2.45. The summed E-state index contributed by atoms with van der Waals surface area (Å²) in [7, 11) is 4.27. The smallest absolute Gasteiger partial charge is 0.228 e. The number of hydrogen-bond acceptors (Lipinski definition) is 6. The van der Waals surface area contributed by atoms with Crippen LogP contribution in [0.25, 0.3) is 0 Å². The Balaban J connectivity index is 1.66. The van der Waals surface area contributed by atoms with Crippen molar-refractivity contribution in [3.8, 4) is 0 Å². The van der Waals surface area contributed by atoms with Gasteiger partial charge in [-0.2, -0.15) is 4.98 Å². The Morgan fingerprint density at radius 1 is 1.37 bits per heavy atom. The van der Waals surface area contributed by atoms with Gasteiger partial charge >= 0.3 is 0 Å². The molecule has 2 saturated heterocycles. The van der Waals surface area contributed by atoms with Crippen LogP contribution in [0.1, 0.15) is 30.6 Å². The summed E-state index contributed by atoms with van der Waals surface area (Å²) in [5, 5.41) is 7.65. The van der Waals surface area contributed by atoms with E-state index < -0.39 is 0 Å². The molecular weight excluding hydrogens is 242 g/mol. The van der Waals surface area contributed by atoms with Crippen LogP contribution in [0.15, 0.2) is 4.52 Å². The zero-order valence-electron chi connectivity index (χ0n) is 11.8. The minimum absolute atomic E-state index is 0.257. The van der Waals surface area contributed by atoms with Crippen molar-refractivity contribution in [3.05, 3.63) is 11.7 Å². The van der Waals surface area contributed by atoms with Gasteiger partial charge in [-0.1, -0.05) is 5.16 Å². The first-order valence-corrected chi connectivity index (χ1v) is 7.17. The molecule has 1 aromatic heterocycles. The largest absolute Gasteiger partial charge is 0.339 e. The van der Waals surface area contributed by atoms with E-state index in [1.54, 1.807) is 0 Å². The van der Waals surface area contributed by atoms with E-state index in [9.17, 15) is 0 Å². The molecule has 2 aliphatic rings. The molecule has 2 atom stereocenters. The standard InChI is InChI=1S/C13H23N5O/c1-17-6-7-18(2)11(9-17)13-15-12(19-16-13)8-10-4-3-5-14-10/h10-11,14H,3-9H2,1-2H3. The monoisotopic (exact) mass is 265 g/mol. The molecule has 0 aliphatic carbocycles. The van der Waals surface area contributed by atoms with Crippen molar-refractivity contribution < 1.29 is 4.52 Å². The number of likely N-dealkylation sites (N-methyl/N-ethyl adjacent to an activating group) is 2. The lowest BCUT2D eigenvalue weighted by Gasteiger charge is -2.35. The van der Waals surface area contributed by atoms with E-state index in [1.807, 2.05) is 0 Å². The summed E-state index contributed by atoms with van der Waals surface area (Å²) in [5.41, 5.74) is 0. The fourth-order valence-electron chi connectivity index (χ4n) is 2.92. The van der Waals surface area contributed by atoms with Crippen LogP contribution in [0.4, 0.5) is 0 Å². The van der Waals surface area contributed by atoms with Gasteiger partial charge < -0.3 is 14.7 Å². The number of nitrogens with one attached hydrogen (secondary N) is 1. The Labute approximate surface area is 114 Å². The zero-order chi connectivity index (χ0) is 13.2. The third kappa shape index (κ3) is 2.96. The van der Waals surface area contributed by atoms with Gasteiger partial charge in [-0.05, 0) is 33.5 Å². The first kappa shape index (κ1) is 13.0. The average Bonchev–Trinajstić information content (AvgIpc) is 3.04. The summed E-state index contributed by atoms with van der Waals surface area (Å²) in [4.78, 5) is 9.22. The Bertz CT molecular complexity index is 415. The third-order valence-electron chi connectivity index (χ3n) is 4.22. The van der Waals surface area contributed by atoms with Crippen molar-refractivity contribution in [1.29, 1.82) is 0 Å². The number of rotatable bonds is 3. The molecule has 2 unspecified atom stereocenters. The molecular formula is C13H23N5O. The van der Waals surface area contributed by atoms with Gasteiger partial charge in [0, 0.05) is 32.1 Å². The quantitative estimate of drug-likeness (QED) is 0.847. The fourth-order valence-corrected chi connectivity index (χ4v) is 2.92. The van der Waals surface area contributed by atoms with Crippen molar-refractivity contribution >= 4 is 0 Å². The second kappa shape index (κ2) is 5.56. The van der Waals surface area contributed by atoms with E-state index in [0.717, 1.165) is 44.3 Å². The fraction of sp³-hybridized carbons (Fsp3) is 0.846. The van der Waals surface area contributed by atoms with E-state index in [-0.39, 0.29) is 6.04 Å². The second-order valence-electron chi connectivity index (χ2n) is 5.80. The molecule has 0 amide bonds. The lowest BCUT2D eigenvalue weighted by atomic mass is 10.1. The topological polar surface area (TPSA) is 57.4 Å². The van der Waals surface area contributed by atoms with Crippen molar-refractivity contribution in [3.63, 3.8) is 0 Å². The maximum atomic E-state index is 5.42. The maximum absolute atomic E-state index is 5.42. The Hall–Kier alpha value is -0.980. The van der Waals surface area contributed by atoms with E-state index >= 15 is 0 Å². The minimum atomic E-state index is 0.257. The van der Waals surface area contributed by atoms with Crippen LogP contribution in [0.5, 0.6) is 0 Å². The summed E-state index contributed by atoms with van der Waals surface area (Å²) in [5.74, 6) is 1.61. The Morgan fingerprint density at radius 2 is 2.26 bits per heavy atom. The molecule has 3 rings (SSSR count). The van der Waals surface area contributed by atoms with E-state index in [2.05, 4.69) is 39.4 Å². The van der Waals surface area contributed by atoms with Gasteiger partial charge in [-0.15, -0.1) is 0 Å². The first-order valence-electron chi connectivity index (χ1n) is 7.17. The number of aromatic nitrogens is 2. The SMILES string of the molecule is CN1CCN(C)C(c2noc(CC3CCCN3)n2)C1. The normalized spacial score (nSPS) is 30.0. The molecule has 106 valence electrons. The first-order chi connectivity index (χ1) is 9.22. The van der Waals surface area contributed by atoms with Gasteiger partial charge in [-0.25, -0.2) is 0 Å². The molecule has 1 N–H and O–H groups in total. The Morgan fingerprint density at radius 3 is 3.05 bits per heavy atom. The van der Waals surface area contributed by atoms with Crippen molar-refractivity contribution in [2.75, 3.05) is 40.3 Å². The molecule has 19 heavy (non-hydrogen) atoms. The van der Waals surface area contributed by atoms with Crippen LogP contribution in [0, 0.1) is 0 Å². The zero-order valence-corrected chi connectivity index (χ0v) is 11.8. The minimum Gasteiger partial charge on any atom is -0.339 e. The highest BCUT2D eigenvalue weighted by molar-refractivity contribution is 4.99. The predicted molar refractivity (Wildman–Crippen MR) is 71.9 cm³/mol. The van der Waals surface area contributed by atoms with Crippen LogP contribution < -0.4 is 5.32 Å². The number of nitrogens with zero attached hydrogens (tertiary/aromatic N) is 4. The van der Waals surface area contributed by atoms with E-state index in [0.29, 0.717) is 6.04 Å². The van der Waals surface area contributed by atoms with E-state index in [1.165, 1.54) is 12.8 Å². The van der Waals surface area contributed by atoms with Crippen LogP contribution >= 0.6 is 0 Å². The van der Waals surface area contributed by atoms with Gasteiger partial charge in [0.15, 0.2) is 5.82 Å². The average molecular weight is 265 g/mol. The molecule has 2 aliphatic heterocycles. The maximum Gasteiger partial charge on any atom is 0.228 e. The van der Waals surface area contributed by atoms with Gasteiger partial charge in [-0.3, -0.25) is 4.90 Å². The van der Waals surface area contributed by atoms with Crippen LogP contribution in [0.3, 0.4) is 0 Å². The van der Waals surface area contributed by atoms with Gasteiger partial charge in [0.1, 0.15) is 0 Å².